The molecule has 0 heterocycles. The summed E-state index contributed by atoms with van der Waals surface area (Å²) >= 11 is 0. The Morgan fingerprint density at radius 3 is 2.28 bits per heavy atom. The number of rotatable bonds is 0. The molecule has 0 aliphatic heterocycles. The van der Waals surface area contributed by atoms with Crippen LogP contribution in [0.1, 0.15) is 66.2 Å². The van der Waals surface area contributed by atoms with Gasteiger partial charge in [-0.3, -0.25) is 0 Å². The number of aliphatic hydroxyl groups is 2. The zero-order valence-electron chi connectivity index (χ0n) is 12.3. The van der Waals surface area contributed by atoms with E-state index in [0.717, 1.165) is 31.6 Å². The molecule has 0 aromatic rings. The highest BCUT2D eigenvalue weighted by Gasteiger charge is 2.70. The Kier molecular flexibility index (Phi) is 2.39. The highest BCUT2D eigenvalue weighted by molar-refractivity contribution is 5.20. The zero-order valence-corrected chi connectivity index (χ0v) is 12.3. The van der Waals surface area contributed by atoms with Crippen LogP contribution in [0, 0.1) is 22.2 Å². The monoisotopic (exact) mass is 252 g/mol. The molecule has 2 heteroatoms. The molecule has 2 unspecified atom stereocenters. The van der Waals surface area contributed by atoms with Crippen LogP contribution in [-0.2, 0) is 0 Å². The van der Waals surface area contributed by atoms with Crippen molar-refractivity contribution >= 4 is 0 Å². The summed E-state index contributed by atoms with van der Waals surface area (Å²) in [6.07, 6.45) is 6.01. The van der Waals surface area contributed by atoms with Gasteiger partial charge in [0, 0.05) is 5.41 Å². The first-order valence-electron chi connectivity index (χ1n) is 7.55. The lowest BCUT2D eigenvalue weighted by Gasteiger charge is -2.62. The molecule has 5 atom stereocenters. The van der Waals surface area contributed by atoms with Gasteiger partial charge in [-0.15, -0.1) is 0 Å². The first-order valence-corrected chi connectivity index (χ1v) is 7.55. The van der Waals surface area contributed by atoms with Gasteiger partial charge in [-0.1, -0.05) is 20.8 Å². The van der Waals surface area contributed by atoms with Crippen LogP contribution in [0.3, 0.4) is 0 Å². The fourth-order valence-corrected chi connectivity index (χ4v) is 5.79. The summed E-state index contributed by atoms with van der Waals surface area (Å²) in [5, 5.41) is 21.4. The van der Waals surface area contributed by atoms with Crippen LogP contribution in [0.2, 0.25) is 0 Å². The summed E-state index contributed by atoms with van der Waals surface area (Å²) < 4.78 is 0. The predicted octanol–water partition coefficient (Wildman–Crippen LogP) is 3.11. The Bertz CT molecular complexity index is 367. The number of hydrogen-bond donors (Lipinski definition) is 2. The maximum atomic E-state index is 11.1. The number of fused-ring (bicyclic) bond motifs is 1. The van der Waals surface area contributed by atoms with E-state index >= 15 is 0 Å². The van der Waals surface area contributed by atoms with Crippen molar-refractivity contribution in [3.8, 4) is 0 Å². The number of aliphatic hydroxyl groups excluding tert-OH is 1. The Balaban J connectivity index is 2.12. The lowest BCUT2D eigenvalue weighted by molar-refractivity contribution is -0.234. The van der Waals surface area contributed by atoms with Crippen molar-refractivity contribution in [1.29, 1.82) is 0 Å². The van der Waals surface area contributed by atoms with E-state index < -0.39 is 11.7 Å². The van der Waals surface area contributed by atoms with Gasteiger partial charge in [0.15, 0.2) is 0 Å². The molecule has 3 aliphatic carbocycles. The molecule has 3 fully saturated rings. The molecule has 3 aliphatic rings. The molecule has 3 rings (SSSR count). The molecule has 3 saturated carbocycles. The Labute approximate surface area is 111 Å². The molecular weight excluding hydrogens is 224 g/mol. The highest BCUT2D eigenvalue weighted by Crippen LogP contribution is 2.73. The van der Waals surface area contributed by atoms with Gasteiger partial charge in [-0.25, -0.2) is 0 Å². The van der Waals surface area contributed by atoms with Crippen molar-refractivity contribution in [2.24, 2.45) is 22.2 Å². The van der Waals surface area contributed by atoms with Gasteiger partial charge in [-0.05, 0) is 62.2 Å². The van der Waals surface area contributed by atoms with E-state index in [-0.39, 0.29) is 10.8 Å². The van der Waals surface area contributed by atoms with E-state index in [4.69, 9.17) is 0 Å². The SMILES string of the molecule is CC1(C)CC23C[C@@H]1CCC2(C)CC[C@H](O)[C@@]3(C)O. The minimum Gasteiger partial charge on any atom is -0.390 e. The smallest absolute Gasteiger partial charge is 0.0938 e. The average Bonchev–Trinajstić information content (AvgIpc) is 2.50. The third-order valence-electron chi connectivity index (χ3n) is 7.24. The fourth-order valence-electron chi connectivity index (χ4n) is 5.79. The van der Waals surface area contributed by atoms with Crippen molar-refractivity contribution < 1.29 is 10.2 Å². The van der Waals surface area contributed by atoms with Crippen molar-refractivity contribution in [3.63, 3.8) is 0 Å². The van der Waals surface area contributed by atoms with E-state index in [2.05, 4.69) is 20.8 Å². The van der Waals surface area contributed by atoms with Crippen LogP contribution in [0.5, 0.6) is 0 Å². The van der Waals surface area contributed by atoms with Gasteiger partial charge in [0.25, 0.3) is 0 Å². The summed E-state index contributed by atoms with van der Waals surface area (Å²) in [6, 6.07) is 0. The second-order valence-corrected chi connectivity index (χ2v) is 8.45. The lowest BCUT2D eigenvalue weighted by Crippen LogP contribution is -2.64. The van der Waals surface area contributed by atoms with E-state index in [1.807, 2.05) is 6.92 Å². The van der Waals surface area contributed by atoms with Crippen molar-refractivity contribution in [2.45, 2.75) is 77.9 Å². The molecule has 104 valence electrons. The Morgan fingerprint density at radius 2 is 1.61 bits per heavy atom. The standard InChI is InChI=1S/C16H28O2/c1-13(2)10-16-9-11(13)5-7-14(16,3)8-6-12(17)15(16,4)18/h11-12,17-18H,5-10H2,1-4H3/t11-,12-,14?,15+,16?/m0/s1. The van der Waals surface area contributed by atoms with E-state index in [0.29, 0.717) is 5.41 Å². The van der Waals surface area contributed by atoms with Gasteiger partial charge in [0.1, 0.15) is 0 Å². The summed E-state index contributed by atoms with van der Waals surface area (Å²) in [5.74, 6) is 0.724. The highest BCUT2D eigenvalue weighted by atomic mass is 16.3. The third-order valence-corrected chi connectivity index (χ3v) is 7.24. The van der Waals surface area contributed by atoms with Crippen molar-refractivity contribution in [3.05, 3.63) is 0 Å². The molecule has 0 amide bonds. The van der Waals surface area contributed by atoms with Crippen LogP contribution < -0.4 is 0 Å². The summed E-state index contributed by atoms with van der Waals surface area (Å²) in [4.78, 5) is 0. The lowest BCUT2D eigenvalue weighted by atomic mass is 9.46. The maximum absolute atomic E-state index is 11.1. The molecule has 0 radical (unpaired) electrons. The molecule has 0 aromatic heterocycles. The first kappa shape index (κ1) is 12.9. The van der Waals surface area contributed by atoms with Crippen LogP contribution in [0.4, 0.5) is 0 Å². The van der Waals surface area contributed by atoms with Crippen LogP contribution in [-0.4, -0.2) is 21.9 Å². The topological polar surface area (TPSA) is 40.5 Å². The van der Waals surface area contributed by atoms with Crippen molar-refractivity contribution in [1.82, 2.24) is 0 Å². The molecular formula is C16H28O2. The van der Waals surface area contributed by atoms with Gasteiger partial charge < -0.3 is 10.2 Å². The van der Waals surface area contributed by atoms with E-state index in [1.54, 1.807) is 0 Å². The van der Waals surface area contributed by atoms with Gasteiger partial charge in [0.05, 0.1) is 11.7 Å². The number of hydrogen-bond acceptors (Lipinski definition) is 2. The quantitative estimate of drug-likeness (QED) is 0.695. The second-order valence-electron chi connectivity index (χ2n) is 8.45. The summed E-state index contributed by atoms with van der Waals surface area (Å²) in [6.45, 7) is 8.98. The molecule has 1 spiro atoms. The third kappa shape index (κ3) is 1.27. The molecule has 2 N–H and O–H groups in total. The maximum Gasteiger partial charge on any atom is 0.0938 e. The minimum atomic E-state index is -0.910. The normalized spacial score (nSPS) is 58.3. The van der Waals surface area contributed by atoms with Crippen LogP contribution in [0.15, 0.2) is 0 Å². The largest absolute Gasteiger partial charge is 0.390 e. The zero-order chi connectivity index (χ0) is 13.4. The van der Waals surface area contributed by atoms with Crippen molar-refractivity contribution in [2.75, 3.05) is 0 Å². The van der Waals surface area contributed by atoms with E-state index in [9.17, 15) is 10.2 Å². The molecule has 0 saturated heterocycles. The minimum absolute atomic E-state index is 0.0654. The van der Waals surface area contributed by atoms with Gasteiger partial charge in [0.2, 0.25) is 0 Å². The average molecular weight is 252 g/mol. The van der Waals surface area contributed by atoms with Gasteiger partial charge in [-0.2, -0.15) is 0 Å². The van der Waals surface area contributed by atoms with Crippen LogP contribution in [0.25, 0.3) is 0 Å². The molecule has 0 aromatic carbocycles. The van der Waals surface area contributed by atoms with Crippen LogP contribution >= 0.6 is 0 Å². The molecule has 18 heavy (non-hydrogen) atoms. The first-order chi connectivity index (χ1) is 8.15. The van der Waals surface area contributed by atoms with Gasteiger partial charge >= 0.3 is 0 Å². The summed E-state index contributed by atoms with van der Waals surface area (Å²) in [7, 11) is 0. The molecule has 2 nitrogen and oxygen atoms in total. The fraction of sp³-hybridized carbons (Fsp3) is 1.00. The summed E-state index contributed by atoms with van der Waals surface area (Å²) in [5.41, 5.74) is -0.435. The molecule has 2 bridgehead atoms. The Hall–Kier alpha value is -0.0800. The Morgan fingerprint density at radius 1 is 1.00 bits per heavy atom. The van der Waals surface area contributed by atoms with E-state index in [1.165, 1.54) is 12.8 Å². The second kappa shape index (κ2) is 3.32. The predicted molar refractivity (Wildman–Crippen MR) is 72.1 cm³/mol.